The number of ether oxygens (including phenoxy) is 1. The summed E-state index contributed by atoms with van der Waals surface area (Å²) < 4.78 is 5.70. The minimum Gasteiger partial charge on any atom is -0.379 e. The van der Waals surface area contributed by atoms with Gasteiger partial charge < -0.3 is 9.64 Å². The maximum absolute atomic E-state index is 12.7. The number of hydrogen-bond donors (Lipinski definition) is 0. The zero-order valence-electron chi connectivity index (χ0n) is 15.1. The van der Waals surface area contributed by atoms with E-state index in [1.54, 1.807) is 18.7 Å². The van der Waals surface area contributed by atoms with Crippen molar-refractivity contribution in [1.29, 1.82) is 0 Å². The third-order valence-corrected chi connectivity index (χ3v) is 4.41. The molecule has 138 valence electrons. The van der Waals surface area contributed by atoms with E-state index >= 15 is 0 Å². The van der Waals surface area contributed by atoms with Gasteiger partial charge in [0, 0.05) is 49.8 Å². The monoisotopic (exact) mass is 355 g/mol. The van der Waals surface area contributed by atoms with Crippen LogP contribution in [0.3, 0.4) is 0 Å². The number of carbonyl (C=O) groups is 1. The maximum Gasteiger partial charge on any atom is 0.236 e. The second kappa shape index (κ2) is 9.35. The highest BCUT2D eigenvalue weighted by Gasteiger charge is 2.23. The summed E-state index contributed by atoms with van der Waals surface area (Å²) in [6, 6.07) is 5.85. The lowest BCUT2D eigenvalue weighted by Gasteiger charge is -2.26. The van der Waals surface area contributed by atoms with E-state index in [2.05, 4.69) is 15.0 Å². The van der Waals surface area contributed by atoms with Gasteiger partial charge in [-0.1, -0.05) is 6.07 Å². The molecular formula is C19H25N5O2. The molecule has 0 radical (unpaired) electrons. The summed E-state index contributed by atoms with van der Waals surface area (Å²) in [5.41, 5.74) is 2.08. The molecule has 7 heteroatoms. The van der Waals surface area contributed by atoms with Crippen molar-refractivity contribution in [2.75, 3.05) is 39.9 Å². The van der Waals surface area contributed by atoms with Gasteiger partial charge in [0.2, 0.25) is 5.91 Å². The molecule has 1 fully saturated rings. The molecule has 3 heterocycles. The van der Waals surface area contributed by atoms with Crippen molar-refractivity contribution in [3.05, 3.63) is 54.4 Å². The summed E-state index contributed by atoms with van der Waals surface area (Å²) in [5.74, 6) is 0.384. The molecule has 1 amide bonds. The van der Waals surface area contributed by atoms with Crippen LogP contribution in [0.1, 0.15) is 11.3 Å². The lowest BCUT2D eigenvalue weighted by molar-refractivity contribution is -0.132. The fourth-order valence-corrected chi connectivity index (χ4v) is 3.16. The van der Waals surface area contributed by atoms with E-state index in [1.807, 2.05) is 41.2 Å². The molecule has 1 aliphatic heterocycles. The summed E-state index contributed by atoms with van der Waals surface area (Å²) in [6.45, 7) is 3.66. The number of hydrogen-bond acceptors (Lipinski definition) is 6. The van der Waals surface area contributed by atoms with E-state index in [0.29, 0.717) is 39.4 Å². The summed E-state index contributed by atoms with van der Waals surface area (Å²) >= 11 is 0. The van der Waals surface area contributed by atoms with Crippen LogP contribution in [-0.2, 0) is 22.5 Å². The van der Waals surface area contributed by atoms with Gasteiger partial charge in [0.1, 0.15) is 6.33 Å². The van der Waals surface area contributed by atoms with Crippen molar-refractivity contribution in [2.45, 2.75) is 13.0 Å². The van der Waals surface area contributed by atoms with Crippen LogP contribution in [0, 0.1) is 5.92 Å². The lowest BCUT2D eigenvalue weighted by Crippen LogP contribution is -2.42. The summed E-state index contributed by atoms with van der Waals surface area (Å²) in [6.07, 6.45) is 7.68. The Morgan fingerprint density at radius 3 is 3.04 bits per heavy atom. The number of carbonyl (C=O) groups excluding carboxylic acids is 1. The van der Waals surface area contributed by atoms with Crippen LogP contribution in [0.15, 0.2) is 43.1 Å². The third kappa shape index (κ3) is 5.57. The summed E-state index contributed by atoms with van der Waals surface area (Å²) in [5, 5.41) is 0. The predicted octanol–water partition coefficient (Wildman–Crippen LogP) is 1.02. The fourth-order valence-electron chi connectivity index (χ4n) is 3.16. The maximum atomic E-state index is 12.7. The first-order chi connectivity index (χ1) is 12.7. The Hall–Kier alpha value is -2.38. The van der Waals surface area contributed by atoms with Gasteiger partial charge in [-0.05, 0) is 31.2 Å². The molecule has 0 aliphatic carbocycles. The van der Waals surface area contributed by atoms with E-state index in [-0.39, 0.29) is 11.8 Å². The SMILES string of the molecule is CN(CC(=O)N1CCOC[C@@H](Cc2ccncn2)C1)Cc1cccnc1. The van der Waals surface area contributed by atoms with Crippen LogP contribution in [0.5, 0.6) is 0 Å². The van der Waals surface area contributed by atoms with Crippen molar-refractivity contribution >= 4 is 5.91 Å². The van der Waals surface area contributed by atoms with Gasteiger partial charge in [0.15, 0.2) is 0 Å². The normalized spacial score (nSPS) is 17.9. The summed E-state index contributed by atoms with van der Waals surface area (Å²) in [7, 11) is 1.96. The molecule has 0 saturated carbocycles. The second-order valence-corrected chi connectivity index (χ2v) is 6.72. The molecule has 0 bridgehead atoms. The van der Waals surface area contributed by atoms with Crippen molar-refractivity contribution in [2.24, 2.45) is 5.92 Å². The van der Waals surface area contributed by atoms with Gasteiger partial charge in [-0.2, -0.15) is 0 Å². The average molecular weight is 355 g/mol. The Labute approximate surface area is 154 Å². The van der Waals surface area contributed by atoms with E-state index < -0.39 is 0 Å². The molecule has 0 N–H and O–H groups in total. The highest BCUT2D eigenvalue weighted by atomic mass is 16.5. The molecule has 1 atom stereocenters. The van der Waals surface area contributed by atoms with E-state index in [9.17, 15) is 4.79 Å². The molecular weight excluding hydrogens is 330 g/mol. The van der Waals surface area contributed by atoms with Crippen molar-refractivity contribution < 1.29 is 9.53 Å². The van der Waals surface area contributed by atoms with Gasteiger partial charge in [0.05, 0.1) is 19.8 Å². The van der Waals surface area contributed by atoms with Crippen LogP contribution in [0.4, 0.5) is 0 Å². The van der Waals surface area contributed by atoms with Gasteiger partial charge in [-0.15, -0.1) is 0 Å². The van der Waals surface area contributed by atoms with Gasteiger partial charge in [-0.25, -0.2) is 9.97 Å². The van der Waals surface area contributed by atoms with Crippen molar-refractivity contribution in [1.82, 2.24) is 24.8 Å². The smallest absolute Gasteiger partial charge is 0.236 e. The highest BCUT2D eigenvalue weighted by Crippen LogP contribution is 2.13. The fraction of sp³-hybridized carbons (Fsp3) is 0.474. The highest BCUT2D eigenvalue weighted by molar-refractivity contribution is 5.78. The molecule has 3 rings (SSSR count). The number of rotatable bonds is 6. The second-order valence-electron chi connectivity index (χ2n) is 6.72. The molecule has 0 aromatic carbocycles. The molecule has 2 aromatic rings. The van der Waals surface area contributed by atoms with E-state index in [4.69, 9.17) is 4.74 Å². The standard InChI is InChI=1S/C19H25N5O2/c1-23(11-16-3-2-5-20-10-16)13-19(25)24-7-8-26-14-17(12-24)9-18-4-6-21-15-22-18/h2-6,10,15,17H,7-9,11-14H2,1H3/t17-/m0/s1. The van der Waals surface area contributed by atoms with Crippen LogP contribution in [-0.4, -0.2) is 70.6 Å². The molecule has 1 aliphatic rings. The van der Waals surface area contributed by atoms with E-state index in [0.717, 1.165) is 17.7 Å². The predicted molar refractivity (Wildman–Crippen MR) is 97.2 cm³/mol. The molecule has 0 spiro atoms. The molecule has 7 nitrogen and oxygen atoms in total. The Kier molecular flexibility index (Phi) is 6.62. The Morgan fingerprint density at radius 2 is 2.27 bits per heavy atom. The minimum absolute atomic E-state index is 0.134. The zero-order valence-corrected chi connectivity index (χ0v) is 15.1. The quantitative estimate of drug-likeness (QED) is 0.770. The summed E-state index contributed by atoms with van der Waals surface area (Å²) in [4.78, 5) is 29.0. The van der Waals surface area contributed by atoms with Gasteiger partial charge in [0.25, 0.3) is 0 Å². The Bertz CT molecular complexity index is 683. The number of aromatic nitrogens is 3. The van der Waals surface area contributed by atoms with Crippen molar-refractivity contribution in [3.63, 3.8) is 0 Å². The van der Waals surface area contributed by atoms with Crippen LogP contribution in [0.25, 0.3) is 0 Å². The van der Waals surface area contributed by atoms with Crippen LogP contribution >= 0.6 is 0 Å². The average Bonchev–Trinajstić information content (AvgIpc) is 2.89. The lowest BCUT2D eigenvalue weighted by atomic mass is 10.0. The number of nitrogens with zero attached hydrogens (tertiary/aromatic N) is 5. The van der Waals surface area contributed by atoms with E-state index in [1.165, 1.54) is 0 Å². The topological polar surface area (TPSA) is 71.5 Å². The third-order valence-electron chi connectivity index (χ3n) is 4.41. The van der Waals surface area contributed by atoms with Gasteiger partial charge in [-0.3, -0.25) is 14.7 Å². The first kappa shape index (κ1) is 18.4. The molecule has 0 unspecified atom stereocenters. The molecule has 2 aromatic heterocycles. The first-order valence-corrected chi connectivity index (χ1v) is 8.88. The van der Waals surface area contributed by atoms with Crippen LogP contribution < -0.4 is 0 Å². The number of amides is 1. The van der Waals surface area contributed by atoms with Crippen LogP contribution in [0.2, 0.25) is 0 Å². The Morgan fingerprint density at radius 1 is 1.35 bits per heavy atom. The number of likely N-dealkylation sites (N-methyl/N-ethyl adjacent to an activating group) is 1. The Balaban J connectivity index is 1.53. The molecule has 1 saturated heterocycles. The first-order valence-electron chi connectivity index (χ1n) is 8.88. The van der Waals surface area contributed by atoms with Crippen molar-refractivity contribution in [3.8, 4) is 0 Å². The zero-order chi connectivity index (χ0) is 18.2. The minimum atomic E-state index is 0.134. The van der Waals surface area contributed by atoms with Gasteiger partial charge >= 0.3 is 0 Å². The number of pyridine rings is 1. The molecule has 26 heavy (non-hydrogen) atoms. The largest absolute Gasteiger partial charge is 0.379 e.